The summed E-state index contributed by atoms with van der Waals surface area (Å²) in [5.74, 6) is 0.122. The van der Waals surface area contributed by atoms with Crippen molar-refractivity contribution in [3.63, 3.8) is 0 Å². The largest absolute Gasteiger partial charge is 0.493 e. The fraction of sp³-hybridized carbons (Fsp3) is 0.179. The van der Waals surface area contributed by atoms with Crippen molar-refractivity contribution in [2.45, 2.75) is 20.0 Å². The smallest absolute Gasteiger partial charge is 0.294 e. The predicted molar refractivity (Wildman–Crippen MR) is 141 cm³/mol. The standard InChI is InChI=1S/C28H26N2O5S/c1-3-19-9-12-22(13-10-19)29-26(31)17-30-27(32)25(36-28(30)33)16-21-11-14-23(24(15-21)34-2)35-18-20-7-5-4-6-8-20/h4-16H,3,17-18H2,1-2H3,(H,29,31)/b25-16+. The number of ether oxygens (including phenoxy) is 2. The van der Waals surface area contributed by atoms with Gasteiger partial charge in [0, 0.05) is 5.69 Å². The minimum absolute atomic E-state index is 0.236. The Kier molecular flexibility index (Phi) is 8.07. The monoisotopic (exact) mass is 502 g/mol. The van der Waals surface area contributed by atoms with E-state index >= 15 is 0 Å². The van der Waals surface area contributed by atoms with Gasteiger partial charge in [0.2, 0.25) is 5.91 Å². The van der Waals surface area contributed by atoms with Crippen LogP contribution in [-0.2, 0) is 22.6 Å². The maximum Gasteiger partial charge on any atom is 0.294 e. The number of anilines is 1. The molecule has 0 unspecified atom stereocenters. The summed E-state index contributed by atoms with van der Waals surface area (Å²) in [6.45, 7) is 2.08. The molecule has 184 valence electrons. The first-order chi connectivity index (χ1) is 17.5. The molecule has 3 amide bonds. The van der Waals surface area contributed by atoms with Crippen molar-refractivity contribution in [1.82, 2.24) is 4.90 Å². The van der Waals surface area contributed by atoms with Crippen LogP contribution in [0.5, 0.6) is 11.5 Å². The molecule has 0 aromatic heterocycles. The van der Waals surface area contributed by atoms with Crippen molar-refractivity contribution in [3.05, 3.63) is 94.4 Å². The highest BCUT2D eigenvalue weighted by Gasteiger charge is 2.36. The third-order valence-electron chi connectivity index (χ3n) is 5.54. The SMILES string of the molecule is CCc1ccc(NC(=O)CN2C(=O)S/C(=C/c3ccc(OCc4ccccc4)c(OC)c3)C2=O)cc1. The van der Waals surface area contributed by atoms with Crippen LogP contribution < -0.4 is 14.8 Å². The van der Waals surface area contributed by atoms with Crippen LogP contribution >= 0.6 is 11.8 Å². The lowest BCUT2D eigenvalue weighted by Gasteiger charge is -2.13. The molecule has 7 nitrogen and oxygen atoms in total. The zero-order valence-corrected chi connectivity index (χ0v) is 20.8. The molecule has 1 heterocycles. The summed E-state index contributed by atoms with van der Waals surface area (Å²) in [5, 5.41) is 2.24. The van der Waals surface area contributed by atoms with Gasteiger partial charge >= 0.3 is 0 Å². The van der Waals surface area contributed by atoms with Crippen molar-refractivity contribution in [2.24, 2.45) is 0 Å². The van der Waals surface area contributed by atoms with Gasteiger partial charge < -0.3 is 14.8 Å². The van der Waals surface area contributed by atoms with E-state index in [1.165, 1.54) is 7.11 Å². The van der Waals surface area contributed by atoms with Crippen LogP contribution in [0.15, 0.2) is 77.7 Å². The fourth-order valence-corrected chi connectivity index (χ4v) is 4.42. The maximum absolute atomic E-state index is 12.9. The number of methoxy groups -OCH3 is 1. The van der Waals surface area contributed by atoms with E-state index in [0.717, 1.165) is 34.2 Å². The lowest BCUT2D eigenvalue weighted by Crippen LogP contribution is -2.36. The van der Waals surface area contributed by atoms with Gasteiger partial charge in [0.15, 0.2) is 11.5 Å². The summed E-state index contributed by atoms with van der Waals surface area (Å²) in [4.78, 5) is 38.9. The average molecular weight is 503 g/mol. The molecule has 3 aromatic carbocycles. The molecule has 0 spiro atoms. The van der Waals surface area contributed by atoms with E-state index < -0.39 is 17.1 Å². The van der Waals surface area contributed by atoms with Gasteiger partial charge in [0.1, 0.15) is 13.2 Å². The molecule has 1 fully saturated rings. The number of benzene rings is 3. The number of amides is 3. The third-order valence-corrected chi connectivity index (χ3v) is 6.45. The highest BCUT2D eigenvalue weighted by molar-refractivity contribution is 8.18. The molecule has 1 aliphatic rings. The second-order valence-electron chi connectivity index (χ2n) is 8.05. The first-order valence-electron chi connectivity index (χ1n) is 11.5. The van der Waals surface area contributed by atoms with E-state index in [1.54, 1.807) is 36.4 Å². The Hall–Kier alpha value is -4.04. The fourth-order valence-electron chi connectivity index (χ4n) is 3.58. The number of carbonyl (C=O) groups excluding carboxylic acids is 3. The van der Waals surface area contributed by atoms with E-state index in [9.17, 15) is 14.4 Å². The van der Waals surface area contributed by atoms with Crippen molar-refractivity contribution in [1.29, 1.82) is 0 Å². The van der Waals surface area contributed by atoms with Gasteiger partial charge in [-0.25, -0.2) is 0 Å². The summed E-state index contributed by atoms with van der Waals surface area (Å²) in [7, 11) is 1.54. The molecule has 1 aliphatic heterocycles. The van der Waals surface area contributed by atoms with Crippen molar-refractivity contribution in [2.75, 3.05) is 19.0 Å². The van der Waals surface area contributed by atoms with Gasteiger partial charge in [-0.1, -0.05) is 55.5 Å². The molecule has 36 heavy (non-hydrogen) atoms. The Balaban J connectivity index is 1.41. The molecule has 8 heteroatoms. The zero-order valence-electron chi connectivity index (χ0n) is 20.0. The van der Waals surface area contributed by atoms with E-state index in [4.69, 9.17) is 9.47 Å². The number of imide groups is 1. The van der Waals surface area contributed by atoms with E-state index in [-0.39, 0.29) is 11.4 Å². The number of nitrogens with zero attached hydrogens (tertiary/aromatic N) is 1. The van der Waals surface area contributed by atoms with Crippen molar-refractivity contribution < 1.29 is 23.9 Å². The van der Waals surface area contributed by atoms with Crippen LogP contribution in [0.3, 0.4) is 0 Å². The number of carbonyl (C=O) groups is 3. The van der Waals surface area contributed by atoms with Crippen LogP contribution in [0.4, 0.5) is 10.5 Å². The molecule has 0 saturated carbocycles. The minimum Gasteiger partial charge on any atom is -0.493 e. The lowest BCUT2D eigenvalue weighted by molar-refractivity contribution is -0.127. The average Bonchev–Trinajstić information content (AvgIpc) is 3.16. The van der Waals surface area contributed by atoms with E-state index in [1.807, 2.05) is 49.4 Å². The normalized spacial score (nSPS) is 14.3. The number of hydrogen-bond acceptors (Lipinski definition) is 6. The molecular formula is C28H26N2O5S. The van der Waals surface area contributed by atoms with Crippen LogP contribution in [0.1, 0.15) is 23.6 Å². The topological polar surface area (TPSA) is 84.9 Å². The summed E-state index contributed by atoms with van der Waals surface area (Å²) in [5.41, 5.74) is 3.46. The lowest BCUT2D eigenvalue weighted by atomic mass is 10.1. The summed E-state index contributed by atoms with van der Waals surface area (Å²) in [6, 6.07) is 22.5. The maximum atomic E-state index is 12.9. The third kappa shape index (κ3) is 6.14. The molecule has 1 saturated heterocycles. The van der Waals surface area contributed by atoms with Gasteiger partial charge in [-0.2, -0.15) is 0 Å². The number of thioether (sulfide) groups is 1. The second kappa shape index (κ2) is 11.6. The molecule has 0 bridgehead atoms. The van der Waals surface area contributed by atoms with Gasteiger partial charge in [-0.05, 0) is 65.2 Å². The molecule has 0 atom stereocenters. The minimum atomic E-state index is -0.509. The van der Waals surface area contributed by atoms with Crippen LogP contribution in [0, 0.1) is 0 Å². The highest BCUT2D eigenvalue weighted by atomic mass is 32.2. The number of aryl methyl sites for hydroxylation is 1. The van der Waals surface area contributed by atoms with Gasteiger partial charge in [0.05, 0.1) is 12.0 Å². The Labute approximate surface area is 214 Å². The number of hydrogen-bond donors (Lipinski definition) is 1. The molecule has 0 radical (unpaired) electrons. The Bertz CT molecular complexity index is 1290. The first kappa shape index (κ1) is 25.1. The summed E-state index contributed by atoms with van der Waals surface area (Å²) in [6.07, 6.45) is 2.50. The van der Waals surface area contributed by atoms with Crippen LogP contribution in [0.2, 0.25) is 0 Å². The Morgan fingerprint density at radius 3 is 2.42 bits per heavy atom. The number of rotatable bonds is 9. The molecule has 0 aliphatic carbocycles. The first-order valence-corrected chi connectivity index (χ1v) is 12.3. The predicted octanol–water partition coefficient (Wildman–Crippen LogP) is 5.51. The molecule has 4 rings (SSSR count). The second-order valence-corrected chi connectivity index (χ2v) is 9.04. The Morgan fingerprint density at radius 2 is 1.72 bits per heavy atom. The van der Waals surface area contributed by atoms with Gasteiger partial charge in [0.25, 0.3) is 11.1 Å². The van der Waals surface area contributed by atoms with Crippen LogP contribution in [0.25, 0.3) is 6.08 Å². The zero-order chi connectivity index (χ0) is 25.5. The quantitative estimate of drug-likeness (QED) is 0.388. The summed E-state index contributed by atoms with van der Waals surface area (Å²) >= 11 is 0.802. The van der Waals surface area contributed by atoms with Gasteiger partial charge in [-0.15, -0.1) is 0 Å². The molecule has 1 N–H and O–H groups in total. The van der Waals surface area contributed by atoms with Crippen molar-refractivity contribution in [3.8, 4) is 11.5 Å². The van der Waals surface area contributed by atoms with Crippen LogP contribution in [-0.4, -0.2) is 35.6 Å². The van der Waals surface area contributed by atoms with E-state index in [2.05, 4.69) is 5.32 Å². The summed E-state index contributed by atoms with van der Waals surface area (Å²) < 4.78 is 11.3. The van der Waals surface area contributed by atoms with Crippen molar-refractivity contribution >= 4 is 40.6 Å². The van der Waals surface area contributed by atoms with E-state index in [0.29, 0.717) is 29.4 Å². The number of nitrogens with one attached hydrogen (secondary N) is 1. The van der Waals surface area contributed by atoms with Gasteiger partial charge in [-0.3, -0.25) is 19.3 Å². The highest BCUT2D eigenvalue weighted by Crippen LogP contribution is 2.34. The molecule has 3 aromatic rings. The molecular weight excluding hydrogens is 476 g/mol. The Morgan fingerprint density at radius 1 is 0.972 bits per heavy atom.